The molecule has 1 aromatic carbocycles. The third-order valence-corrected chi connectivity index (χ3v) is 3.23. The third kappa shape index (κ3) is 5.59. The molecule has 0 bridgehead atoms. The lowest BCUT2D eigenvalue weighted by molar-refractivity contribution is 0.937. The number of allylic oxidation sites excluding steroid dienone is 5. The molecule has 0 saturated carbocycles. The van der Waals surface area contributed by atoms with E-state index in [9.17, 15) is 0 Å². The van der Waals surface area contributed by atoms with Crippen LogP contribution in [0.5, 0.6) is 0 Å². The van der Waals surface area contributed by atoms with Crippen LogP contribution in [0.3, 0.4) is 0 Å². The Labute approximate surface area is 131 Å². The first-order valence-electron chi connectivity index (χ1n) is 8.00. The van der Waals surface area contributed by atoms with Crippen molar-refractivity contribution in [1.82, 2.24) is 0 Å². The lowest BCUT2D eigenvalue weighted by Gasteiger charge is -2.15. The Morgan fingerprint density at radius 2 is 1.62 bits per heavy atom. The molecular weight excluding hydrogens is 252 g/mol. The molecule has 0 N–H and O–H groups in total. The van der Waals surface area contributed by atoms with E-state index in [0.717, 1.165) is 18.4 Å². The van der Waals surface area contributed by atoms with Gasteiger partial charge in [-0.2, -0.15) is 0 Å². The van der Waals surface area contributed by atoms with Gasteiger partial charge < -0.3 is 0 Å². The first kappa shape index (κ1) is 19.2. The minimum Gasteiger partial charge on any atom is -0.0985 e. The number of rotatable bonds is 2. The quantitative estimate of drug-likeness (QED) is 0.562. The summed E-state index contributed by atoms with van der Waals surface area (Å²) >= 11 is 0. The molecule has 0 aliphatic heterocycles. The lowest BCUT2D eigenvalue weighted by atomic mass is 9.90. The summed E-state index contributed by atoms with van der Waals surface area (Å²) in [6.45, 7) is 18.0. The standard InChI is InChI=1S/C17H18.2C2H6/c1-4-14-9-10-15-7-5-6-8-16(15)11-12-17(14)13(2)3;2*1-2/h4-10H,1-2,11-12H2,3H3;2*1-2H3/b10-9-,17-14+;;. The predicted octanol–water partition coefficient (Wildman–Crippen LogP) is 6.76. The zero-order chi connectivity index (χ0) is 16.3. The highest BCUT2D eigenvalue weighted by Crippen LogP contribution is 2.26. The van der Waals surface area contributed by atoms with Gasteiger partial charge in [-0.15, -0.1) is 0 Å². The van der Waals surface area contributed by atoms with E-state index in [0.29, 0.717) is 0 Å². The summed E-state index contributed by atoms with van der Waals surface area (Å²) in [7, 11) is 0. The minimum atomic E-state index is 1.04. The van der Waals surface area contributed by atoms with Gasteiger partial charge in [-0.3, -0.25) is 0 Å². The highest BCUT2D eigenvalue weighted by atomic mass is 14.1. The lowest BCUT2D eigenvalue weighted by Crippen LogP contribution is -1.98. The van der Waals surface area contributed by atoms with Crippen molar-refractivity contribution in [3.63, 3.8) is 0 Å². The number of benzene rings is 1. The second-order valence-electron chi connectivity index (χ2n) is 4.45. The number of fused-ring (bicyclic) bond motifs is 1. The van der Waals surface area contributed by atoms with Gasteiger partial charge in [-0.1, -0.05) is 88.9 Å². The summed E-state index contributed by atoms with van der Waals surface area (Å²) in [4.78, 5) is 0. The van der Waals surface area contributed by atoms with Gasteiger partial charge in [-0.25, -0.2) is 0 Å². The van der Waals surface area contributed by atoms with Gasteiger partial charge in [0.1, 0.15) is 0 Å². The van der Waals surface area contributed by atoms with Crippen molar-refractivity contribution >= 4 is 6.08 Å². The van der Waals surface area contributed by atoms with Crippen LogP contribution in [-0.4, -0.2) is 0 Å². The van der Waals surface area contributed by atoms with Crippen LogP contribution >= 0.6 is 0 Å². The van der Waals surface area contributed by atoms with Crippen molar-refractivity contribution in [3.05, 3.63) is 77.4 Å². The summed E-state index contributed by atoms with van der Waals surface area (Å²) in [5, 5.41) is 0. The maximum absolute atomic E-state index is 4.07. The monoisotopic (exact) mass is 282 g/mol. The maximum atomic E-state index is 4.07. The molecule has 0 heteroatoms. The predicted molar refractivity (Wildman–Crippen MR) is 98.5 cm³/mol. The van der Waals surface area contributed by atoms with Crippen LogP contribution < -0.4 is 0 Å². The van der Waals surface area contributed by atoms with Gasteiger partial charge in [0.05, 0.1) is 0 Å². The second kappa shape index (κ2) is 10.9. The first-order chi connectivity index (χ1) is 10.2. The molecule has 0 heterocycles. The van der Waals surface area contributed by atoms with E-state index in [1.807, 2.05) is 33.8 Å². The molecule has 0 aromatic heterocycles. The van der Waals surface area contributed by atoms with Gasteiger partial charge in [0.25, 0.3) is 0 Å². The molecule has 0 atom stereocenters. The number of aryl methyl sites for hydroxylation is 1. The smallest absolute Gasteiger partial charge is 0.0224 e. The Hall–Kier alpha value is -1.82. The summed E-state index contributed by atoms with van der Waals surface area (Å²) in [6, 6.07) is 8.56. The average molecular weight is 282 g/mol. The molecule has 1 aromatic rings. The molecule has 0 radical (unpaired) electrons. The molecule has 0 spiro atoms. The summed E-state index contributed by atoms with van der Waals surface area (Å²) in [5.74, 6) is 0. The molecule has 114 valence electrons. The van der Waals surface area contributed by atoms with E-state index < -0.39 is 0 Å². The molecular formula is C21H30. The van der Waals surface area contributed by atoms with Crippen LogP contribution in [-0.2, 0) is 6.42 Å². The van der Waals surface area contributed by atoms with Gasteiger partial charge in [0, 0.05) is 0 Å². The van der Waals surface area contributed by atoms with Crippen LogP contribution in [0.1, 0.15) is 52.2 Å². The van der Waals surface area contributed by atoms with E-state index >= 15 is 0 Å². The van der Waals surface area contributed by atoms with Crippen LogP contribution in [0.25, 0.3) is 6.08 Å². The molecule has 21 heavy (non-hydrogen) atoms. The fourth-order valence-corrected chi connectivity index (χ4v) is 2.26. The van der Waals surface area contributed by atoms with Gasteiger partial charge in [-0.05, 0) is 42.0 Å². The Balaban J connectivity index is 0.000000921. The van der Waals surface area contributed by atoms with Crippen molar-refractivity contribution in [2.45, 2.75) is 47.5 Å². The second-order valence-corrected chi connectivity index (χ2v) is 4.45. The minimum absolute atomic E-state index is 1.04. The SMILES string of the molecule is C=CC1=C(\C(=C)C)CCc2ccccc2/C=C\1.CC.CC. The van der Waals surface area contributed by atoms with E-state index in [2.05, 4.69) is 56.5 Å². The molecule has 0 nitrogen and oxygen atoms in total. The zero-order valence-electron chi connectivity index (χ0n) is 14.4. The third-order valence-electron chi connectivity index (χ3n) is 3.23. The average Bonchev–Trinajstić information content (AvgIpc) is 2.52. The van der Waals surface area contributed by atoms with Crippen molar-refractivity contribution in [1.29, 1.82) is 0 Å². The van der Waals surface area contributed by atoms with Crippen LogP contribution in [0.2, 0.25) is 0 Å². The molecule has 1 aliphatic carbocycles. The molecule has 0 fully saturated rings. The molecule has 2 rings (SSSR count). The normalized spacial score (nSPS) is 17.6. The van der Waals surface area contributed by atoms with Crippen molar-refractivity contribution in [3.8, 4) is 0 Å². The summed E-state index contributed by atoms with van der Waals surface area (Å²) in [6.07, 6.45) is 8.36. The Morgan fingerprint density at radius 1 is 1.00 bits per heavy atom. The Bertz CT molecular complexity index is 513. The van der Waals surface area contributed by atoms with Crippen molar-refractivity contribution < 1.29 is 0 Å². The summed E-state index contributed by atoms with van der Waals surface area (Å²) < 4.78 is 0. The van der Waals surface area contributed by atoms with Crippen LogP contribution in [0.15, 0.2) is 66.3 Å². The Kier molecular flexibility index (Phi) is 9.96. The van der Waals surface area contributed by atoms with E-state index in [4.69, 9.17) is 0 Å². The van der Waals surface area contributed by atoms with Crippen molar-refractivity contribution in [2.75, 3.05) is 0 Å². The topological polar surface area (TPSA) is 0 Å². The maximum Gasteiger partial charge on any atom is -0.0224 e. The van der Waals surface area contributed by atoms with Crippen LogP contribution in [0.4, 0.5) is 0 Å². The first-order valence-corrected chi connectivity index (χ1v) is 8.00. The Morgan fingerprint density at radius 3 is 2.19 bits per heavy atom. The van der Waals surface area contributed by atoms with E-state index in [1.165, 1.54) is 22.3 Å². The highest BCUT2D eigenvalue weighted by Gasteiger charge is 2.08. The molecule has 0 saturated heterocycles. The number of hydrogen-bond donors (Lipinski definition) is 0. The van der Waals surface area contributed by atoms with Gasteiger partial charge in [0.15, 0.2) is 0 Å². The fraction of sp³-hybridized carbons (Fsp3) is 0.333. The van der Waals surface area contributed by atoms with Gasteiger partial charge >= 0.3 is 0 Å². The molecule has 0 unspecified atom stereocenters. The van der Waals surface area contributed by atoms with Crippen LogP contribution in [0, 0.1) is 0 Å². The fourth-order valence-electron chi connectivity index (χ4n) is 2.26. The van der Waals surface area contributed by atoms with Gasteiger partial charge in [0.2, 0.25) is 0 Å². The largest absolute Gasteiger partial charge is 0.0985 e. The van der Waals surface area contributed by atoms with Crippen molar-refractivity contribution in [2.24, 2.45) is 0 Å². The number of hydrogen-bond acceptors (Lipinski definition) is 0. The van der Waals surface area contributed by atoms with E-state index in [1.54, 1.807) is 0 Å². The zero-order valence-corrected chi connectivity index (χ0v) is 14.4. The van der Waals surface area contributed by atoms with E-state index in [-0.39, 0.29) is 0 Å². The summed E-state index contributed by atoms with van der Waals surface area (Å²) in [5.41, 5.74) is 6.39. The highest BCUT2D eigenvalue weighted by molar-refractivity contribution is 5.61. The molecule has 0 amide bonds. The molecule has 1 aliphatic rings.